The monoisotopic (exact) mass is 505 g/mol. The summed E-state index contributed by atoms with van der Waals surface area (Å²) in [6.45, 7) is 8.53. The van der Waals surface area contributed by atoms with Crippen LogP contribution in [-0.4, -0.2) is 69.4 Å². The van der Waals surface area contributed by atoms with Crippen LogP contribution in [0.5, 0.6) is 5.88 Å². The molecule has 1 aliphatic rings. The Bertz CT molecular complexity index is 565. The molecule has 2 heterocycles. The Balaban J connectivity index is 0.00000392. The maximum absolute atomic E-state index is 5.67. The Morgan fingerprint density at radius 1 is 1.29 bits per heavy atom. The third-order valence-corrected chi connectivity index (χ3v) is 4.87. The molecule has 1 aromatic heterocycles. The number of nitrogens with zero attached hydrogens (tertiary/aromatic N) is 3. The quantitative estimate of drug-likeness (QED) is 0.221. The number of aromatic nitrogens is 1. The van der Waals surface area contributed by atoms with Crippen molar-refractivity contribution in [2.24, 2.45) is 10.9 Å². The lowest BCUT2D eigenvalue weighted by molar-refractivity contribution is 0.143. The van der Waals surface area contributed by atoms with Gasteiger partial charge in [-0.05, 0) is 50.9 Å². The fourth-order valence-corrected chi connectivity index (χ4v) is 3.10. The molecule has 0 bridgehead atoms. The predicted molar refractivity (Wildman–Crippen MR) is 125 cm³/mol. The van der Waals surface area contributed by atoms with E-state index in [1.807, 2.05) is 12.1 Å². The number of likely N-dealkylation sites (tertiary alicyclic amines) is 1. The van der Waals surface area contributed by atoms with E-state index in [2.05, 4.69) is 32.4 Å². The molecule has 0 amide bonds. The van der Waals surface area contributed by atoms with Crippen molar-refractivity contribution in [3.63, 3.8) is 0 Å². The molecule has 0 saturated carbocycles. The van der Waals surface area contributed by atoms with E-state index in [4.69, 9.17) is 9.47 Å². The number of guanidine groups is 1. The normalized spacial score (nSPS) is 15.8. The minimum absolute atomic E-state index is 0. The summed E-state index contributed by atoms with van der Waals surface area (Å²) in [5, 5.41) is 6.73. The summed E-state index contributed by atoms with van der Waals surface area (Å²) >= 11 is 0. The lowest BCUT2D eigenvalue weighted by Crippen LogP contribution is -2.39. The largest absolute Gasteiger partial charge is 0.475 e. The van der Waals surface area contributed by atoms with Crippen molar-refractivity contribution in [1.82, 2.24) is 20.5 Å². The summed E-state index contributed by atoms with van der Waals surface area (Å²) in [5.74, 6) is 2.32. The Morgan fingerprint density at radius 3 is 2.79 bits per heavy atom. The number of hydrogen-bond acceptors (Lipinski definition) is 5. The lowest BCUT2D eigenvalue weighted by Gasteiger charge is -2.30. The van der Waals surface area contributed by atoms with Crippen molar-refractivity contribution < 1.29 is 9.47 Å². The van der Waals surface area contributed by atoms with E-state index in [0.29, 0.717) is 25.6 Å². The van der Waals surface area contributed by atoms with Crippen LogP contribution in [-0.2, 0) is 11.3 Å². The molecule has 1 saturated heterocycles. The number of pyridine rings is 1. The molecule has 160 valence electrons. The number of hydrogen-bond donors (Lipinski definition) is 2. The minimum atomic E-state index is 0. The number of piperidine rings is 1. The number of rotatable bonds is 10. The molecule has 0 aliphatic carbocycles. The van der Waals surface area contributed by atoms with Gasteiger partial charge in [-0.2, -0.15) is 0 Å². The summed E-state index contributed by atoms with van der Waals surface area (Å²) in [7, 11) is 3.45. The Hall–Kier alpha value is -1.13. The van der Waals surface area contributed by atoms with Gasteiger partial charge in [-0.15, -0.1) is 24.0 Å². The van der Waals surface area contributed by atoms with E-state index in [1.54, 1.807) is 20.4 Å². The average molecular weight is 505 g/mol. The van der Waals surface area contributed by atoms with Crippen LogP contribution >= 0.6 is 24.0 Å². The van der Waals surface area contributed by atoms with Crippen molar-refractivity contribution in [2.75, 3.05) is 53.6 Å². The molecule has 0 spiro atoms. The fraction of sp³-hybridized carbons (Fsp3) is 0.700. The van der Waals surface area contributed by atoms with E-state index in [0.717, 1.165) is 37.0 Å². The van der Waals surface area contributed by atoms with E-state index in [1.165, 1.54) is 25.9 Å². The maximum Gasteiger partial charge on any atom is 0.218 e. The predicted octanol–water partition coefficient (Wildman–Crippen LogP) is 2.51. The number of ether oxygens (including phenoxy) is 2. The first-order chi connectivity index (χ1) is 13.2. The van der Waals surface area contributed by atoms with Crippen LogP contribution in [0, 0.1) is 5.92 Å². The van der Waals surface area contributed by atoms with E-state index < -0.39 is 0 Å². The zero-order valence-corrected chi connectivity index (χ0v) is 19.8. The smallest absolute Gasteiger partial charge is 0.218 e. The van der Waals surface area contributed by atoms with Gasteiger partial charge in [-0.3, -0.25) is 4.99 Å². The number of halogens is 1. The zero-order chi connectivity index (χ0) is 19.3. The van der Waals surface area contributed by atoms with Crippen LogP contribution in [0.25, 0.3) is 0 Å². The molecule has 2 N–H and O–H groups in total. The highest BCUT2D eigenvalue weighted by molar-refractivity contribution is 14.0. The molecule has 0 unspecified atom stereocenters. The van der Waals surface area contributed by atoms with Gasteiger partial charge in [0, 0.05) is 39.0 Å². The van der Waals surface area contributed by atoms with Gasteiger partial charge < -0.3 is 25.0 Å². The van der Waals surface area contributed by atoms with Gasteiger partial charge in [0.05, 0.1) is 6.61 Å². The summed E-state index contributed by atoms with van der Waals surface area (Å²) in [5.41, 5.74) is 0.999. The van der Waals surface area contributed by atoms with E-state index in [9.17, 15) is 0 Å². The summed E-state index contributed by atoms with van der Waals surface area (Å²) in [4.78, 5) is 11.2. The second-order valence-electron chi connectivity index (χ2n) is 7.04. The first-order valence-electron chi connectivity index (χ1n) is 9.95. The van der Waals surface area contributed by atoms with Gasteiger partial charge in [0.15, 0.2) is 5.96 Å². The first-order valence-corrected chi connectivity index (χ1v) is 9.95. The van der Waals surface area contributed by atoms with Gasteiger partial charge in [0.1, 0.15) is 6.61 Å². The van der Waals surface area contributed by atoms with Gasteiger partial charge in [0.2, 0.25) is 5.88 Å². The zero-order valence-electron chi connectivity index (χ0n) is 17.4. The van der Waals surface area contributed by atoms with Crippen molar-refractivity contribution >= 4 is 29.9 Å². The molecule has 1 aromatic rings. The second kappa shape index (κ2) is 14.8. The second-order valence-corrected chi connectivity index (χ2v) is 7.04. The SMILES string of the molecule is CN=C(NCCCN1CCC(C)CC1)NCc1cccnc1OCCOC.I. The molecule has 1 aliphatic heterocycles. The van der Waals surface area contributed by atoms with Crippen LogP contribution in [0.2, 0.25) is 0 Å². The molecule has 7 nitrogen and oxygen atoms in total. The molecule has 2 rings (SSSR count). The van der Waals surface area contributed by atoms with Crippen molar-refractivity contribution in [3.05, 3.63) is 23.9 Å². The van der Waals surface area contributed by atoms with Crippen LogP contribution in [0.4, 0.5) is 0 Å². The van der Waals surface area contributed by atoms with Gasteiger partial charge in [0.25, 0.3) is 0 Å². The molecular weight excluding hydrogens is 469 g/mol. The highest BCUT2D eigenvalue weighted by Gasteiger charge is 2.14. The first kappa shape index (κ1) is 24.9. The Kier molecular flexibility index (Phi) is 13.2. The standard InChI is InChI=1S/C20H35N5O2.HI/c1-17-7-12-25(13-8-17)11-5-10-23-20(21-2)24-16-18-6-4-9-22-19(18)27-15-14-26-3;/h4,6,9,17H,5,7-8,10-16H2,1-3H3,(H2,21,23,24);1H. The average Bonchev–Trinajstić information content (AvgIpc) is 2.70. The van der Waals surface area contributed by atoms with Crippen LogP contribution < -0.4 is 15.4 Å². The highest BCUT2D eigenvalue weighted by Crippen LogP contribution is 2.16. The summed E-state index contributed by atoms with van der Waals surface area (Å²) < 4.78 is 10.7. The number of methoxy groups -OCH3 is 1. The summed E-state index contributed by atoms with van der Waals surface area (Å²) in [6, 6.07) is 3.92. The molecule has 0 radical (unpaired) electrons. The van der Waals surface area contributed by atoms with Crippen molar-refractivity contribution in [2.45, 2.75) is 32.7 Å². The van der Waals surface area contributed by atoms with Crippen LogP contribution in [0.15, 0.2) is 23.3 Å². The third-order valence-electron chi connectivity index (χ3n) is 4.87. The highest BCUT2D eigenvalue weighted by atomic mass is 127. The third kappa shape index (κ3) is 9.38. The number of nitrogens with one attached hydrogen (secondary N) is 2. The fourth-order valence-electron chi connectivity index (χ4n) is 3.10. The molecule has 1 fully saturated rings. The lowest BCUT2D eigenvalue weighted by atomic mass is 9.99. The van der Waals surface area contributed by atoms with Crippen LogP contribution in [0.1, 0.15) is 31.7 Å². The molecule has 8 heteroatoms. The molecule has 28 heavy (non-hydrogen) atoms. The molecule has 0 atom stereocenters. The molecule has 0 aromatic carbocycles. The van der Waals surface area contributed by atoms with Gasteiger partial charge in [-0.25, -0.2) is 4.98 Å². The maximum atomic E-state index is 5.67. The minimum Gasteiger partial charge on any atom is -0.475 e. The Labute approximate surface area is 186 Å². The van der Waals surface area contributed by atoms with Crippen molar-refractivity contribution in [3.8, 4) is 5.88 Å². The van der Waals surface area contributed by atoms with Gasteiger partial charge >= 0.3 is 0 Å². The number of aliphatic imine (C=N–C) groups is 1. The van der Waals surface area contributed by atoms with Gasteiger partial charge in [-0.1, -0.05) is 13.0 Å². The summed E-state index contributed by atoms with van der Waals surface area (Å²) in [6.07, 6.45) is 5.51. The van der Waals surface area contributed by atoms with E-state index >= 15 is 0 Å². The Morgan fingerprint density at radius 2 is 2.07 bits per heavy atom. The topological polar surface area (TPSA) is 71.0 Å². The van der Waals surface area contributed by atoms with E-state index in [-0.39, 0.29) is 24.0 Å². The molecular formula is C20H36IN5O2. The van der Waals surface area contributed by atoms with Crippen LogP contribution in [0.3, 0.4) is 0 Å². The van der Waals surface area contributed by atoms with Crippen molar-refractivity contribution in [1.29, 1.82) is 0 Å².